The maximum atomic E-state index is 13.7. The number of nitrogens with one attached hydrogen (secondary N) is 1. The summed E-state index contributed by atoms with van der Waals surface area (Å²) in [4.78, 5) is 17.5. The molecule has 2 aromatic heterocycles. The molecular weight excluding hydrogens is 540 g/mol. The van der Waals surface area contributed by atoms with Gasteiger partial charge < -0.3 is 9.84 Å². The Morgan fingerprint density at radius 2 is 2.00 bits per heavy atom. The number of benzene rings is 1. The van der Waals surface area contributed by atoms with E-state index in [1.54, 1.807) is 6.07 Å². The molecule has 0 spiro atoms. The van der Waals surface area contributed by atoms with Crippen LogP contribution < -0.4 is 5.32 Å². The molecule has 1 unspecified atom stereocenters. The van der Waals surface area contributed by atoms with Crippen molar-refractivity contribution < 1.29 is 17.7 Å². The molecule has 1 atom stereocenters. The van der Waals surface area contributed by atoms with Crippen LogP contribution in [-0.4, -0.2) is 41.4 Å². The van der Waals surface area contributed by atoms with Crippen LogP contribution in [0, 0.1) is 0 Å². The fourth-order valence-corrected chi connectivity index (χ4v) is 6.77. The van der Waals surface area contributed by atoms with E-state index < -0.39 is 16.1 Å². The molecule has 8 nitrogen and oxygen atoms in total. The Bertz CT molecular complexity index is 1200. The van der Waals surface area contributed by atoms with Crippen molar-refractivity contribution in [3.63, 3.8) is 0 Å². The number of thiophene rings is 1. The molecule has 0 saturated carbocycles. The van der Waals surface area contributed by atoms with Crippen molar-refractivity contribution in [1.29, 1.82) is 0 Å². The lowest BCUT2D eigenvalue weighted by Crippen LogP contribution is -2.48. The van der Waals surface area contributed by atoms with E-state index in [1.165, 1.54) is 10.4 Å². The summed E-state index contributed by atoms with van der Waals surface area (Å²) in [7, 11) is -3.98. The fraction of sp³-hybridized carbons (Fsp3) is 0.350. The summed E-state index contributed by atoms with van der Waals surface area (Å²) < 4.78 is 34.8. The highest BCUT2D eigenvalue weighted by Crippen LogP contribution is 2.33. The van der Waals surface area contributed by atoms with Gasteiger partial charge >= 0.3 is 0 Å². The number of carbonyl (C=O) groups is 1. The summed E-state index contributed by atoms with van der Waals surface area (Å²) in [6, 6.07) is 9.73. The summed E-state index contributed by atoms with van der Waals surface area (Å²) in [5.41, 5.74) is 0.788. The molecule has 0 radical (unpaired) electrons. The van der Waals surface area contributed by atoms with Gasteiger partial charge in [-0.1, -0.05) is 33.2 Å². The van der Waals surface area contributed by atoms with Crippen LogP contribution in [0.5, 0.6) is 0 Å². The number of hydrogen-bond donors (Lipinski definition) is 1. The molecule has 1 saturated heterocycles. The molecule has 0 aliphatic carbocycles. The molecule has 0 bridgehead atoms. The fourth-order valence-electron chi connectivity index (χ4n) is 3.43. The number of carbonyl (C=O) groups excluding carboxylic acids is 1. The van der Waals surface area contributed by atoms with Crippen LogP contribution in [0.1, 0.15) is 30.7 Å². The molecule has 12 heteroatoms. The first kappa shape index (κ1) is 23.4. The van der Waals surface area contributed by atoms with Gasteiger partial charge in [0.1, 0.15) is 16.1 Å². The Balaban J connectivity index is 1.70. The second-order valence-electron chi connectivity index (χ2n) is 7.24. The van der Waals surface area contributed by atoms with Gasteiger partial charge in [0.2, 0.25) is 17.6 Å². The lowest BCUT2D eigenvalue weighted by molar-refractivity contribution is -0.124. The number of nitrogens with zero attached hydrogens (tertiary/aromatic N) is 3. The topological polar surface area (TPSA) is 105 Å². The third-order valence-corrected chi connectivity index (χ3v) is 9.21. The predicted molar refractivity (Wildman–Crippen MR) is 125 cm³/mol. The molecule has 170 valence electrons. The smallest absolute Gasteiger partial charge is 0.253 e. The predicted octanol–water partition coefficient (Wildman–Crippen LogP) is 4.16. The van der Waals surface area contributed by atoms with Gasteiger partial charge in [-0.25, -0.2) is 8.42 Å². The number of alkyl halides is 1. The van der Waals surface area contributed by atoms with E-state index in [1.807, 2.05) is 24.3 Å². The Hall–Kier alpha value is -1.79. The molecule has 1 aliphatic rings. The van der Waals surface area contributed by atoms with Crippen molar-refractivity contribution in [2.45, 2.75) is 41.9 Å². The number of aromatic nitrogens is 2. The SMILES string of the molecule is O=C1NCCCCC1N(Cc1ccc(Br)cc1)S(=O)(=O)c1ccc(-c2noc(CCl)n2)s1. The maximum Gasteiger partial charge on any atom is 0.253 e. The standard InChI is InChI=1S/C20H20BrClN4O4S2/c21-14-6-4-13(5-7-14)12-26(15-3-1-2-10-23-20(15)27)32(28,29)18-9-8-16(31-18)19-24-17(11-22)30-25-19/h4-9,15H,1-3,10-12H2,(H,23,27). The first-order chi connectivity index (χ1) is 15.4. The van der Waals surface area contributed by atoms with E-state index in [0.717, 1.165) is 34.2 Å². The van der Waals surface area contributed by atoms with Crippen LogP contribution in [0.4, 0.5) is 0 Å². The van der Waals surface area contributed by atoms with Gasteiger partial charge in [0, 0.05) is 17.6 Å². The molecule has 1 aromatic carbocycles. The van der Waals surface area contributed by atoms with Gasteiger partial charge in [0.25, 0.3) is 10.0 Å². The van der Waals surface area contributed by atoms with Crippen molar-refractivity contribution >= 4 is 54.8 Å². The Labute approximate surface area is 203 Å². The molecule has 4 rings (SSSR count). The molecule has 3 heterocycles. The van der Waals surface area contributed by atoms with Gasteiger partial charge in [0.05, 0.1) is 4.88 Å². The van der Waals surface area contributed by atoms with Crippen LogP contribution in [-0.2, 0) is 27.2 Å². The summed E-state index contributed by atoms with van der Waals surface area (Å²) in [5, 5.41) is 6.69. The summed E-state index contributed by atoms with van der Waals surface area (Å²) in [5.74, 6) is 0.330. The molecular formula is C20H20BrClN4O4S2. The number of hydrogen-bond acceptors (Lipinski definition) is 7. The number of halogens is 2. The first-order valence-corrected chi connectivity index (χ1v) is 13.5. The molecule has 1 N–H and O–H groups in total. The quantitative estimate of drug-likeness (QED) is 0.436. The number of rotatable bonds is 7. The Morgan fingerprint density at radius 3 is 2.72 bits per heavy atom. The zero-order valence-electron chi connectivity index (χ0n) is 16.8. The third kappa shape index (κ3) is 5.07. The van der Waals surface area contributed by atoms with E-state index in [9.17, 15) is 13.2 Å². The highest BCUT2D eigenvalue weighted by molar-refractivity contribution is 9.10. The summed E-state index contributed by atoms with van der Waals surface area (Å²) in [6.45, 7) is 0.630. The van der Waals surface area contributed by atoms with E-state index in [4.69, 9.17) is 16.1 Å². The van der Waals surface area contributed by atoms with E-state index in [-0.39, 0.29) is 34.3 Å². The summed E-state index contributed by atoms with van der Waals surface area (Å²) >= 11 is 10.1. The highest BCUT2D eigenvalue weighted by Gasteiger charge is 2.37. The monoisotopic (exact) mass is 558 g/mol. The molecule has 32 heavy (non-hydrogen) atoms. The van der Waals surface area contributed by atoms with Gasteiger partial charge in [-0.15, -0.1) is 22.9 Å². The average Bonchev–Trinajstić information content (AvgIpc) is 3.41. The zero-order chi connectivity index (χ0) is 22.7. The van der Waals surface area contributed by atoms with Crippen LogP contribution in [0.25, 0.3) is 10.7 Å². The summed E-state index contributed by atoms with van der Waals surface area (Å²) in [6.07, 6.45) is 2.04. The minimum Gasteiger partial charge on any atom is -0.355 e. The van der Waals surface area contributed by atoms with Crippen molar-refractivity contribution in [1.82, 2.24) is 19.8 Å². The number of sulfonamides is 1. The molecule has 1 fully saturated rings. The van der Waals surface area contributed by atoms with Gasteiger partial charge in [-0.05, 0) is 49.1 Å². The van der Waals surface area contributed by atoms with E-state index in [0.29, 0.717) is 17.8 Å². The lowest BCUT2D eigenvalue weighted by atomic mass is 10.1. The van der Waals surface area contributed by atoms with Crippen molar-refractivity contribution in [3.05, 3.63) is 52.3 Å². The van der Waals surface area contributed by atoms with Crippen molar-refractivity contribution in [3.8, 4) is 10.7 Å². The Morgan fingerprint density at radius 1 is 1.22 bits per heavy atom. The second kappa shape index (κ2) is 10.0. The molecule has 3 aromatic rings. The minimum atomic E-state index is -3.98. The third-order valence-electron chi connectivity index (χ3n) is 5.05. The zero-order valence-corrected chi connectivity index (χ0v) is 20.8. The van der Waals surface area contributed by atoms with Gasteiger partial charge in [0.15, 0.2) is 0 Å². The van der Waals surface area contributed by atoms with Crippen molar-refractivity contribution in [2.75, 3.05) is 6.54 Å². The average molecular weight is 560 g/mol. The van der Waals surface area contributed by atoms with Crippen molar-refractivity contribution in [2.24, 2.45) is 0 Å². The van der Waals surface area contributed by atoms with E-state index in [2.05, 4.69) is 31.4 Å². The first-order valence-electron chi connectivity index (χ1n) is 9.91. The van der Waals surface area contributed by atoms with Crippen LogP contribution in [0.2, 0.25) is 0 Å². The minimum absolute atomic E-state index is 0.0707. The molecule has 1 amide bonds. The number of amides is 1. The Kier molecular flexibility index (Phi) is 7.30. The van der Waals surface area contributed by atoms with Gasteiger partial charge in [-0.3, -0.25) is 4.79 Å². The van der Waals surface area contributed by atoms with E-state index >= 15 is 0 Å². The highest BCUT2D eigenvalue weighted by atomic mass is 79.9. The molecule has 1 aliphatic heterocycles. The van der Waals surface area contributed by atoms with Crippen LogP contribution in [0.3, 0.4) is 0 Å². The van der Waals surface area contributed by atoms with Crippen LogP contribution in [0.15, 0.2) is 49.6 Å². The normalized spacial score (nSPS) is 17.3. The largest absolute Gasteiger partial charge is 0.355 e. The lowest BCUT2D eigenvalue weighted by Gasteiger charge is -2.28. The maximum absolute atomic E-state index is 13.7. The van der Waals surface area contributed by atoms with Crippen LogP contribution >= 0.6 is 38.9 Å². The van der Waals surface area contributed by atoms with Gasteiger partial charge in [-0.2, -0.15) is 9.29 Å². The second-order valence-corrected chi connectivity index (χ2v) is 11.6.